The maximum atomic E-state index is 13.2. The minimum atomic E-state index is -0.194. The number of aromatic nitrogens is 3. The van der Waals surface area contributed by atoms with Gasteiger partial charge in [-0.15, -0.1) is 11.3 Å². The molecule has 0 saturated heterocycles. The van der Waals surface area contributed by atoms with Crippen molar-refractivity contribution in [1.29, 1.82) is 0 Å². The van der Waals surface area contributed by atoms with Crippen LogP contribution < -0.4 is 0 Å². The lowest BCUT2D eigenvalue weighted by Crippen LogP contribution is -2.40. The van der Waals surface area contributed by atoms with Crippen molar-refractivity contribution < 1.29 is 4.79 Å². The molecule has 0 aliphatic carbocycles. The molecule has 4 rings (SSSR count). The molecule has 24 heavy (non-hydrogen) atoms. The first-order chi connectivity index (χ1) is 11.7. The van der Waals surface area contributed by atoms with Crippen molar-refractivity contribution in [2.45, 2.75) is 26.3 Å². The molecule has 1 amide bonds. The lowest BCUT2D eigenvalue weighted by Gasteiger charge is -2.35. The Morgan fingerprint density at radius 2 is 2.29 bits per heavy atom. The number of fused-ring (bicyclic) bond motifs is 1. The second-order valence-electron chi connectivity index (χ2n) is 6.03. The number of hydrogen-bond acceptors (Lipinski definition) is 4. The minimum Gasteiger partial charge on any atom is -0.348 e. The normalized spacial score (nSPS) is 16.9. The molecule has 1 atom stereocenters. The van der Waals surface area contributed by atoms with E-state index in [0.29, 0.717) is 6.54 Å². The molecule has 0 spiro atoms. The van der Waals surface area contributed by atoms with Crippen LogP contribution >= 0.6 is 11.3 Å². The van der Waals surface area contributed by atoms with Crippen LogP contribution in [0, 0.1) is 13.8 Å². The Labute approximate surface area is 144 Å². The summed E-state index contributed by atoms with van der Waals surface area (Å²) in [5.41, 5.74) is 4.88. The highest BCUT2D eigenvalue weighted by molar-refractivity contribution is 7.10. The number of amides is 1. The summed E-state index contributed by atoms with van der Waals surface area (Å²) in [5, 5.41) is 1.97. The second kappa shape index (κ2) is 5.87. The molecule has 122 valence electrons. The number of aryl methyl sites for hydroxylation is 1. The van der Waals surface area contributed by atoms with Gasteiger partial charge >= 0.3 is 0 Å². The highest BCUT2D eigenvalue weighted by Gasteiger charge is 2.35. The number of H-pyrrole nitrogens is 1. The van der Waals surface area contributed by atoms with Crippen molar-refractivity contribution in [3.63, 3.8) is 0 Å². The molecule has 0 radical (unpaired) electrons. The fourth-order valence-electron chi connectivity index (χ4n) is 3.25. The second-order valence-corrected chi connectivity index (χ2v) is 7.12. The van der Waals surface area contributed by atoms with E-state index < -0.39 is 0 Å². The van der Waals surface area contributed by atoms with Gasteiger partial charge in [0.05, 0.1) is 17.6 Å². The topological polar surface area (TPSA) is 61.9 Å². The van der Waals surface area contributed by atoms with E-state index in [1.807, 2.05) is 35.5 Å². The van der Waals surface area contributed by atoms with Gasteiger partial charge in [-0.05, 0) is 31.0 Å². The van der Waals surface area contributed by atoms with Crippen molar-refractivity contribution in [2.75, 3.05) is 6.54 Å². The van der Waals surface area contributed by atoms with Gasteiger partial charge in [-0.25, -0.2) is 4.98 Å². The molecule has 3 aromatic rings. The van der Waals surface area contributed by atoms with Crippen molar-refractivity contribution in [1.82, 2.24) is 19.9 Å². The van der Waals surface area contributed by atoms with Gasteiger partial charge < -0.3 is 9.88 Å². The highest BCUT2D eigenvalue weighted by atomic mass is 32.1. The fraction of sp³-hybridized carbons (Fsp3) is 0.278. The summed E-state index contributed by atoms with van der Waals surface area (Å²) >= 11 is 1.63. The number of hydrogen-bond donors (Lipinski definition) is 1. The van der Waals surface area contributed by atoms with Crippen LogP contribution in [-0.2, 0) is 6.42 Å². The van der Waals surface area contributed by atoms with Crippen LogP contribution in [-0.4, -0.2) is 32.3 Å². The van der Waals surface area contributed by atoms with Gasteiger partial charge in [0.1, 0.15) is 6.04 Å². The summed E-state index contributed by atoms with van der Waals surface area (Å²) < 4.78 is 0. The number of pyridine rings is 1. The molecule has 0 saturated carbocycles. The zero-order valence-corrected chi connectivity index (χ0v) is 14.4. The van der Waals surface area contributed by atoms with Crippen molar-refractivity contribution in [3.8, 4) is 0 Å². The summed E-state index contributed by atoms with van der Waals surface area (Å²) in [6, 6.07) is 3.72. The molecule has 5 nitrogen and oxygen atoms in total. The predicted octanol–water partition coefficient (Wildman–Crippen LogP) is 3.27. The smallest absolute Gasteiger partial charge is 0.255 e. The van der Waals surface area contributed by atoms with Gasteiger partial charge in [-0.3, -0.25) is 9.78 Å². The summed E-state index contributed by atoms with van der Waals surface area (Å²) in [4.78, 5) is 28.3. The molecule has 0 aromatic carbocycles. The van der Waals surface area contributed by atoms with Gasteiger partial charge in [0, 0.05) is 41.3 Å². The van der Waals surface area contributed by atoms with Gasteiger partial charge in [-0.1, -0.05) is 6.07 Å². The number of aromatic amines is 1. The Morgan fingerprint density at radius 3 is 3.00 bits per heavy atom. The summed E-state index contributed by atoms with van der Waals surface area (Å²) in [6.07, 6.45) is 6.07. The zero-order chi connectivity index (χ0) is 16.7. The monoisotopic (exact) mass is 338 g/mol. The quantitative estimate of drug-likeness (QED) is 0.780. The minimum absolute atomic E-state index is 0.0688. The molecule has 3 aromatic heterocycles. The number of carbonyl (C=O) groups is 1. The molecule has 1 unspecified atom stereocenters. The molecule has 1 N–H and O–H groups in total. The maximum Gasteiger partial charge on any atom is 0.255 e. The van der Waals surface area contributed by atoms with Crippen LogP contribution in [0.2, 0.25) is 0 Å². The molecular weight excluding hydrogens is 320 g/mol. The van der Waals surface area contributed by atoms with E-state index in [0.717, 1.165) is 34.5 Å². The molecule has 1 aliphatic rings. The molecule has 1 aliphatic heterocycles. The van der Waals surface area contributed by atoms with Crippen LogP contribution in [0.25, 0.3) is 0 Å². The van der Waals surface area contributed by atoms with Gasteiger partial charge in [0.25, 0.3) is 5.91 Å². The first-order valence-corrected chi connectivity index (χ1v) is 8.82. The third-order valence-corrected chi connectivity index (χ3v) is 5.72. The maximum absolute atomic E-state index is 13.2. The van der Waals surface area contributed by atoms with E-state index >= 15 is 0 Å². The Balaban J connectivity index is 1.79. The van der Waals surface area contributed by atoms with Crippen molar-refractivity contribution in [2.24, 2.45) is 0 Å². The van der Waals surface area contributed by atoms with Gasteiger partial charge in [0.15, 0.2) is 0 Å². The van der Waals surface area contributed by atoms with Crippen LogP contribution in [0.4, 0.5) is 0 Å². The van der Waals surface area contributed by atoms with E-state index in [1.54, 1.807) is 23.9 Å². The Morgan fingerprint density at radius 1 is 1.42 bits per heavy atom. The highest BCUT2D eigenvalue weighted by Crippen LogP contribution is 2.35. The molecule has 0 fully saturated rings. The first-order valence-electron chi connectivity index (χ1n) is 7.94. The van der Waals surface area contributed by atoms with Gasteiger partial charge in [0.2, 0.25) is 0 Å². The SMILES string of the molecule is Cc1scc(C(=O)N2CCc3[nH]cnc3C2c2cccnc2)c1C. The standard InChI is InChI=1S/C18H18N4OS/c1-11-12(2)24-9-14(11)18(23)22-7-5-15-16(21-10-20-15)17(22)13-4-3-6-19-8-13/h3-4,6,8-10,17H,5,7H2,1-2H3,(H,20,21). The van der Waals surface area contributed by atoms with E-state index in [1.165, 1.54) is 4.88 Å². The van der Waals surface area contributed by atoms with E-state index in [2.05, 4.69) is 21.9 Å². The van der Waals surface area contributed by atoms with Crippen LogP contribution in [0.5, 0.6) is 0 Å². The molecule has 6 heteroatoms. The van der Waals surface area contributed by atoms with E-state index in [4.69, 9.17) is 0 Å². The number of thiophene rings is 1. The van der Waals surface area contributed by atoms with E-state index in [9.17, 15) is 4.79 Å². The average Bonchev–Trinajstić information content (AvgIpc) is 3.21. The Bertz CT molecular complexity index is 884. The summed E-state index contributed by atoms with van der Waals surface area (Å²) in [7, 11) is 0. The summed E-state index contributed by atoms with van der Waals surface area (Å²) in [6.45, 7) is 4.74. The molecule has 4 heterocycles. The Hall–Kier alpha value is -2.47. The summed E-state index contributed by atoms with van der Waals surface area (Å²) in [5.74, 6) is 0.0688. The molecule has 0 bridgehead atoms. The van der Waals surface area contributed by atoms with Gasteiger partial charge in [-0.2, -0.15) is 0 Å². The Kier molecular flexibility index (Phi) is 3.69. The predicted molar refractivity (Wildman–Crippen MR) is 93.2 cm³/mol. The first kappa shape index (κ1) is 15.1. The third-order valence-electron chi connectivity index (χ3n) is 4.70. The van der Waals surface area contributed by atoms with Crippen LogP contribution in [0.1, 0.15) is 43.8 Å². The number of carbonyl (C=O) groups excluding carboxylic acids is 1. The number of nitrogens with zero attached hydrogens (tertiary/aromatic N) is 3. The van der Waals surface area contributed by atoms with Crippen LogP contribution in [0.15, 0.2) is 36.2 Å². The average molecular weight is 338 g/mol. The number of nitrogens with one attached hydrogen (secondary N) is 1. The number of rotatable bonds is 2. The zero-order valence-electron chi connectivity index (χ0n) is 13.6. The molecular formula is C18H18N4OS. The fourth-order valence-corrected chi connectivity index (χ4v) is 4.11. The van der Waals surface area contributed by atoms with E-state index in [-0.39, 0.29) is 11.9 Å². The number of imidazole rings is 1. The van der Waals surface area contributed by atoms with Crippen molar-refractivity contribution >= 4 is 17.2 Å². The lowest BCUT2D eigenvalue weighted by atomic mass is 9.95. The lowest BCUT2D eigenvalue weighted by molar-refractivity contribution is 0.0690. The third kappa shape index (κ3) is 2.34. The largest absolute Gasteiger partial charge is 0.348 e. The van der Waals surface area contributed by atoms with Crippen LogP contribution in [0.3, 0.4) is 0 Å². The van der Waals surface area contributed by atoms with Crippen molar-refractivity contribution in [3.05, 3.63) is 69.2 Å².